The zero-order valence-corrected chi connectivity index (χ0v) is 14.0. The van der Waals surface area contributed by atoms with Gasteiger partial charge in [-0.1, -0.05) is 0 Å². The van der Waals surface area contributed by atoms with Gasteiger partial charge in [0.15, 0.2) is 5.13 Å². The first-order valence-electron chi connectivity index (χ1n) is 7.90. The summed E-state index contributed by atoms with van der Waals surface area (Å²) in [6, 6.07) is 0. The van der Waals surface area contributed by atoms with Gasteiger partial charge in [-0.25, -0.2) is 4.98 Å². The standard InChI is InChI=1S/C15H27N3O2S/c1-3-19-9-7-18(8-10-20-4-2)15-17-14(12-5-6-12)13(11-16)21-15/h12H,3-11,16H2,1-2H3. The minimum Gasteiger partial charge on any atom is -0.380 e. The van der Waals surface area contributed by atoms with Gasteiger partial charge in [0.25, 0.3) is 0 Å². The predicted octanol–water partition coefficient (Wildman–Crippen LogP) is 2.36. The van der Waals surface area contributed by atoms with Gasteiger partial charge in [-0.15, -0.1) is 11.3 Å². The van der Waals surface area contributed by atoms with Crippen LogP contribution in [0.3, 0.4) is 0 Å². The molecule has 0 atom stereocenters. The lowest BCUT2D eigenvalue weighted by Gasteiger charge is -2.21. The van der Waals surface area contributed by atoms with Crippen molar-refractivity contribution in [3.63, 3.8) is 0 Å². The molecule has 1 saturated carbocycles. The van der Waals surface area contributed by atoms with Crippen LogP contribution < -0.4 is 10.6 Å². The van der Waals surface area contributed by atoms with E-state index in [1.54, 1.807) is 11.3 Å². The molecular formula is C15H27N3O2S. The fourth-order valence-corrected chi connectivity index (χ4v) is 3.33. The van der Waals surface area contributed by atoms with Gasteiger partial charge in [0.05, 0.1) is 18.9 Å². The average molecular weight is 313 g/mol. The van der Waals surface area contributed by atoms with Crippen LogP contribution in [0.1, 0.15) is 43.2 Å². The lowest BCUT2D eigenvalue weighted by molar-refractivity contribution is 0.141. The molecule has 120 valence electrons. The van der Waals surface area contributed by atoms with E-state index in [9.17, 15) is 0 Å². The van der Waals surface area contributed by atoms with Crippen molar-refractivity contribution in [3.8, 4) is 0 Å². The van der Waals surface area contributed by atoms with Crippen molar-refractivity contribution in [2.75, 3.05) is 44.4 Å². The summed E-state index contributed by atoms with van der Waals surface area (Å²) >= 11 is 1.73. The maximum absolute atomic E-state index is 5.88. The van der Waals surface area contributed by atoms with Gasteiger partial charge in [0.1, 0.15) is 0 Å². The van der Waals surface area contributed by atoms with Gasteiger partial charge in [-0.3, -0.25) is 0 Å². The van der Waals surface area contributed by atoms with E-state index in [4.69, 9.17) is 20.2 Å². The third-order valence-corrected chi connectivity index (χ3v) is 4.71. The first-order chi connectivity index (χ1) is 10.3. The number of ether oxygens (including phenoxy) is 2. The molecule has 2 N–H and O–H groups in total. The molecular weight excluding hydrogens is 286 g/mol. The second-order valence-electron chi connectivity index (χ2n) is 5.16. The Hall–Kier alpha value is -0.690. The van der Waals surface area contributed by atoms with Crippen molar-refractivity contribution < 1.29 is 9.47 Å². The first kappa shape index (κ1) is 16.7. The van der Waals surface area contributed by atoms with Gasteiger partial charge in [-0.2, -0.15) is 0 Å². The average Bonchev–Trinajstić information content (AvgIpc) is 3.25. The number of anilines is 1. The van der Waals surface area contributed by atoms with E-state index in [1.165, 1.54) is 23.4 Å². The van der Waals surface area contributed by atoms with E-state index in [1.807, 2.05) is 13.8 Å². The molecule has 0 saturated heterocycles. The third-order valence-electron chi connectivity index (χ3n) is 3.56. The van der Waals surface area contributed by atoms with Crippen LogP contribution in [0.4, 0.5) is 5.13 Å². The highest BCUT2D eigenvalue weighted by Gasteiger charge is 2.30. The van der Waals surface area contributed by atoms with Crippen LogP contribution in [0.15, 0.2) is 0 Å². The van der Waals surface area contributed by atoms with E-state index in [0.29, 0.717) is 12.5 Å². The van der Waals surface area contributed by atoms with Crippen LogP contribution in [0.2, 0.25) is 0 Å². The summed E-state index contributed by atoms with van der Waals surface area (Å²) in [5.41, 5.74) is 7.11. The van der Waals surface area contributed by atoms with Crippen molar-refractivity contribution in [3.05, 3.63) is 10.6 Å². The molecule has 0 aromatic carbocycles. The Kier molecular flexibility index (Phi) is 6.89. The molecule has 6 heteroatoms. The second-order valence-corrected chi connectivity index (χ2v) is 6.23. The highest BCUT2D eigenvalue weighted by molar-refractivity contribution is 7.15. The molecule has 0 bridgehead atoms. The Morgan fingerprint density at radius 1 is 1.19 bits per heavy atom. The number of hydrogen-bond acceptors (Lipinski definition) is 6. The van der Waals surface area contributed by atoms with Gasteiger partial charge >= 0.3 is 0 Å². The summed E-state index contributed by atoms with van der Waals surface area (Å²) in [5, 5.41) is 1.07. The predicted molar refractivity (Wildman–Crippen MR) is 87.2 cm³/mol. The van der Waals surface area contributed by atoms with Crippen LogP contribution in [-0.2, 0) is 16.0 Å². The number of hydrogen-bond donors (Lipinski definition) is 1. The SMILES string of the molecule is CCOCCN(CCOCC)c1nc(C2CC2)c(CN)s1. The molecule has 1 aliphatic rings. The van der Waals surface area contributed by atoms with Crippen LogP contribution in [-0.4, -0.2) is 44.5 Å². The van der Waals surface area contributed by atoms with Gasteiger partial charge in [0, 0.05) is 43.6 Å². The number of rotatable bonds is 11. The summed E-state index contributed by atoms with van der Waals surface area (Å²) in [6.07, 6.45) is 2.52. The highest BCUT2D eigenvalue weighted by atomic mass is 32.1. The molecule has 1 heterocycles. The minimum atomic E-state index is 0.592. The molecule has 1 fully saturated rings. The summed E-state index contributed by atoms with van der Waals surface area (Å²) < 4.78 is 11.0. The Labute approximate surface area is 131 Å². The van der Waals surface area contributed by atoms with E-state index < -0.39 is 0 Å². The second kappa shape index (κ2) is 8.68. The summed E-state index contributed by atoms with van der Waals surface area (Å²) in [5.74, 6) is 0.647. The number of aromatic nitrogens is 1. The van der Waals surface area contributed by atoms with Gasteiger partial charge in [-0.05, 0) is 26.7 Å². The van der Waals surface area contributed by atoms with Gasteiger partial charge in [0.2, 0.25) is 0 Å². The zero-order chi connectivity index (χ0) is 15.1. The topological polar surface area (TPSA) is 60.6 Å². The monoisotopic (exact) mass is 313 g/mol. The van der Waals surface area contributed by atoms with Crippen molar-refractivity contribution in [2.45, 2.75) is 39.2 Å². The molecule has 0 amide bonds. The lowest BCUT2D eigenvalue weighted by Crippen LogP contribution is -2.31. The van der Waals surface area contributed by atoms with Crippen LogP contribution in [0.5, 0.6) is 0 Å². The van der Waals surface area contributed by atoms with Crippen LogP contribution >= 0.6 is 11.3 Å². The molecule has 5 nitrogen and oxygen atoms in total. The van der Waals surface area contributed by atoms with Crippen molar-refractivity contribution >= 4 is 16.5 Å². The summed E-state index contributed by atoms with van der Waals surface area (Å²) in [7, 11) is 0. The molecule has 2 rings (SSSR count). The molecule has 1 aliphatic carbocycles. The Balaban J connectivity index is 2.02. The largest absolute Gasteiger partial charge is 0.380 e. The zero-order valence-electron chi connectivity index (χ0n) is 13.1. The number of nitrogens with two attached hydrogens (primary N) is 1. The lowest BCUT2D eigenvalue weighted by atomic mass is 10.2. The van der Waals surface area contributed by atoms with Crippen molar-refractivity contribution in [2.24, 2.45) is 5.73 Å². The first-order valence-corrected chi connectivity index (χ1v) is 8.71. The fourth-order valence-electron chi connectivity index (χ4n) is 2.25. The summed E-state index contributed by atoms with van der Waals surface area (Å²) in [4.78, 5) is 8.36. The minimum absolute atomic E-state index is 0.592. The Bertz CT molecular complexity index is 411. The molecule has 0 spiro atoms. The van der Waals surface area contributed by atoms with E-state index >= 15 is 0 Å². The maximum atomic E-state index is 5.88. The third kappa shape index (κ3) is 4.92. The molecule has 0 aliphatic heterocycles. The van der Waals surface area contributed by atoms with E-state index in [-0.39, 0.29) is 0 Å². The van der Waals surface area contributed by atoms with E-state index in [2.05, 4.69) is 4.90 Å². The normalized spacial score (nSPS) is 14.6. The summed E-state index contributed by atoms with van der Waals surface area (Å²) in [6.45, 7) is 9.27. The fraction of sp³-hybridized carbons (Fsp3) is 0.800. The maximum Gasteiger partial charge on any atom is 0.185 e. The van der Waals surface area contributed by atoms with Crippen LogP contribution in [0, 0.1) is 0 Å². The smallest absolute Gasteiger partial charge is 0.185 e. The van der Waals surface area contributed by atoms with Crippen LogP contribution in [0.25, 0.3) is 0 Å². The Morgan fingerprint density at radius 3 is 2.29 bits per heavy atom. The molecule has 21 heavy (non-hydrogen) atoms. The molecule has 0 unspecified atom stereocenters. The number of thiazole rings is 1. The quantitative estimate of drug-likeness (QED) is 0.636. The highest BCUT2D eigenvalue weighted by Crippen LogP contribution is 2.44. The number of nitrogens with zero attached hydrogens (tertiary/aromatic N) is 2. The Morgan fingerprint density at radius 2 is 1.81 bits per heavy atom. The van der Waals surface area contributed by atoms with E-state index in [0.717, 1.165) is 44.6 Å². The molecule has 1 aromatic rings. The van der Waals surface area contributed by atoms with Crippen molar-refractivity contribution in [1.82, 2.24) is 4.98 Å². The molecule has 1 aromatic heterocycles. The van der Waals surface area contributed by atoms with Gasteiger partial charge < -0.3 is 20.1 Å². The molecule has 0 radical (unpaired) electrons. The van der Waals surface area contributed by atoms with Crippen molar-refractivity contribution in [1.29, 1.82) is 0 Å².